The number of benzene rings is 1. The van der Waals surface area contributed by atoms with Crippen LogP contribution >= 0.6 is 12.4 Å². The Morgan fingerprint density at radius 1 is 1.39 bits per heavy atom. The topological polar surface area (TPSA) is 78.5 Å². The monoisotopic (exact) mass is 365 g/mol. The van der Waals surface area contributed by atoms with Gasteiger partial charge in [0.2, 0.25) is 10.0 Å². The first-order chi connectivity index (χ1) is 10.3. The number of hydrogen-bond donors (Lipinski definition) is 2. The van der Waals surface area contributed by atoms with Gasteiger partial charge >= 0.3 is 0 Å². The molecule has 0 aromatic heterocycles. The van der Waals surface area contributed by atoms with Crippen molar-refractivity contribution in [1.82, 2.24) is 10.2 Å². The van der Waals surface area contributed by atoms with Crippen molar-refractivity contribution in [3.63, 3.8) is 0 Å². The number of likely N-dealkylation sites (N-methyl/N-ethyl adjacent to an activating group) is 1. The number of carbonyl (C=O) groups excluding carboxylic acids is 1. The van der Waals surface area contributed by atoms with Gasteiger partial charge in [0, 0.05) is 24.7 Å². The van der Waals surface area contributed by atoms with Gasteiger partial charge in [0.15, 0.2) is 0 Å². The molecule has 0 radical (unpaired) electrons. The highest BCUT2D eigenvalue weighted by molar-refractivity contribution is 7.92. The number of rotatable bonds is 4. The lowest BCUT2D eigenvalue weighted by Gasteiger charge is -2.32. The quantitative estimate of drug-likeness (QED) is 0.846. The molecule has 2 N–H and O–H groups in total. The molecule has 1 aliphatic rings. The van der Waals surface area contributed by atoms with Crippen LogP contribution in [0.2, 0.25) is 0 Å². The summed E-state index contributed by atoms with van der Waals surface area (Å²) in [6.45, 7) is 1.23. The van der Waals surface area contributed by atoms with Crippen molar-refractivity contribution in [3.05, 3.63) is 29.6 Å². The Morgan fingerprint density at radius 3 is 2.70 bits per heavy atom. The summed E-state index contributed by atoms with van der Waals surface area (Å²) in [5, 5.41) is 3.15. The van der Waals surface area contributed by atoms with Gasteiger partial charge in [-0.15, -0.1) is 12.4 Å². The molecule has 6 nitrogen and oxygen atoms in total. The molecule has 9 heteroatoms. The fourth-order valence-corrected chi connectivity index (χ4v) is 3.07. The third kappa shape index (κ3) is 5.33. The Kier molecular flexibility index (Phi) is 6.79. The molecule has 2 rings (SSSR count). The zero-order valence-corrected chi connectivity index (χ0v) is 14.6. The van der Waals surface area contributed by atoms with E-state index in [2.05, 4.69) is 10.0 Å². The minimum absolute atomic E-state index is 0. The lowest BCUT2D eigenvalue weighted by Crippen LogP contribution is -2.46. The zero-order valence-electron chi connectivity index (χ0n) is 13.0. The van der Waals surface area contributed by atoms with Gasteiger partial charge in [0.1, 0.15) is 5.82 Å². The number of anilines is 1. The number of amides is 1. The number of carbonyl (C=O) groups is 1. The molecule has 1 atom stereocenters. The number of hydrogen-bond acceptors (Lipinski definition) is 4. The Hall–Kier alpha value is -1.38. The number of likely N-dealkylation sites (tertiary alicyclic amines) is 1. The Labute approximate surface area is 141 Å². The number of nitrogens with zero attached hydrogens (tertiary/aromatic N) is 1. The predicted octanol–water partition coefficient (Wildman–Crippen LogP) is 1.44. The average Bonchev–Trinajstić information content (AvgIpc) is 2.47. The molecular formula is C14H21ClFN3O3S. The maximum Gasteiger partial charge on any atom is 0.253 e. The summed E-state index contributed by atoms with van der Waals surface area (Å²) in [5.74, 6) is -0.940. The first kappa shape index (κ1) is 19.7. The van der Waals surface area contributed by atoms with Gasteiger partial charge in [-0.2, -0.15) is 0 Å². The van der Waals surface area contributed by atoms with Crippen LogP contribution in [0.5, 0.6) is 0 Å². The van der Waals surface area contributed by atoms with E-state index in [-0.39, 0.29) is 35.6 Å². The zero-order chi connectivity index (χ0) is 16.3. The molecule has 23 heavy (non-hydrogen) atoms. The fraction of sp³-hybridized carbons (Fsp3) is 0.500. The van der Waals surface area contributed by atoms with Crippen LogP contribution in [0.4, 0.5) is 10.1 Å². The van der Waals surface area contributed by atoms with Crippen LogP contribution in [-0.4, -0.2) is 51.7 Å². The largest absolute Gasteiger partial charge is 0.337 e. The fourth-order valence-electron chi connectivity index (χ4n) is 2.52. The van der Waals surface area contributed by atoms with Crippen LogP contribution < -0.4 is 10.0 Å². The van der Waals surface area contributed by atoms with E-state index >= 15 is 0 Å². The highest BCUT2D eigenvalue weighted by Crippen LogP contribution is 2.20. The summed E-state index contributed by atoms with van der Waals surface area (Å²) in [6, 6.07) is 3.95. The molecule has 1 aromatic carbocycles. The molecular weight excluding hydrogens is 345 g/mol. The van der Waals surface area contributed by atoms with Crippen molar-refractivity contribution in [1.29, 1.82) is 0 Å². The smallest absolute Gasteiger partial charge is 0.253 e. The first-order valence-corrected chi connectivity index (χ1v) is 8.93. The van der Waals surface area contributed by atoms with Crippen molar-refractivity contribution >= 4 is 34.0 Å². The Morgan fingerprint density at radius 2 is 2.09 bits per heavy atom. The number of nitrogens with one attached hydrogen (secondary N) is 2. The third-order valence-electron chi connectivity index (χ3n) is 3.63. The minimum Gasteiger partial charge on any atom is -0.337 e. The molecule has 0 spiro atoms. The SMILES string of the molecule is CNC1CCCN(C(=O)c2ccc(F)c(NS(C)(=O)=O)c2)C1.Cl. The van der Waals surface area contributed by atoms with E-state index in [1.54, 1.807) is 4.90 Å². The van der Waals surface area contributed by atoms with Gasteiger partial charge in [-0.25, -0.2) is 12.8 Å². The average molecular weight is 366 g/mol. The van der Waals surface area contributed by atoms with Crippen molar-refractivity contribution in [2.24, 2.45) is 0 Å². The summed E-state index contributed by atoms with van der Waals surface area (Å²) < 4.78 is 38.2. The van der Waals surface area contributed by atoms with E-state index in [0.717, 1.165) is 25.2 Å². The highest BCUT2D eigenvalue weighted by Gasteiger charge is 2.24. The standard InChI is InChI=1S/C14H20FN3O3S.ClH/c1-16-11-4-3-7-18(9-11)14(19)10-5-6-12(15)13(8-10)17-22(2,20)21;/h5-6,8,11,16-17H,3-4,7,9H2,1-2H3;1H. The first-order valence-electron chi connectivity index (χ1n) is 7.04. The molecule has 1 fully saturated rings. The van der Waals surface area contributed by atoms with Gasteiger partial charge in [-0.1, -0.05) is 0 Å². The van der Waals surface area contributed by atoms with E-state index < -0.39 is 15.8 Å². The van der Waals surface area contributed by atoms with Crippen LogP contribution in [-0.2, 0) is 10.0 Å². The third-order valence-corrected chi connectivity index (χ3v) is 4.22. The molecule has 0 saturated carbocycles. The maximum absolute atomic E-state index is 13.7. The molecule has 1 heterocycles. The summed E-state index contributed by atoms with van der Waals surface area (Å²) in [5.41, 5.74) is 0.0554. The minimum atomic E-state index is -3.60. The maximum atomic E-state index is 13.7. The summed E-state index contributed by atoms with van der Waals surface area (Å²) in [6.07, 6.45) is 2.83. The molecule has 0 aliphatic carbocycles. The van der Waals surface area contributed by atoms with Gasteiger partial charge in [-0.3, -0.25) is 9.52 Å². The van der Waals surface area contributed by atoms with Gasteiger partial charge in [0.05, 0.1) is 11.9 Å². The summed E-state index contributed by atoms with van der Waals surface area (Å²) in [7, 11) is -1.75. The Bertz CT molecular complexity index is 669. The highest BCUT2D eigenvalue weighted by atomic mass is 35.5. The van der Waals surface area contributed by atoms with E-state index in [9.17, 15) is 17.6 Å². The Balaban J connectivity index is 0.00000264. The molecule has 1 unspecified atom stereocenters. The summed E-state index contributed by atoms with van der Waals surface area (Å²) >= 11 is 0. The lowest BCUT2D eigenvalue weighted by atomic mass is 10.0. The number of piperidine rings is 1. The van der Waals surface area contributed by atoms with E-state index in [1.807, 2.05) is 7.05 Å². The van der Waals surface area contributed by atoms with E-state index in [0.29, 0.717) is 13.1 Å². The molecule has 1 amide bonds. The van der Waals surface area contributed by atoms with E-state index in [4.69, 9.17) is 0 Å². The second kappa shape index (κ2) is 7.94. The summed E-state index contributed by atoms with van der Waals surface area (Å²) in [4.78, 5) is 14.2. The van der Waals surface area contributed by atoms with Crippen LogP contribution in [0.15, 0.2) is 18.2 Å². The molecule has 1 aromatic rings. The second-order valence-corrected chi connectivity index (χ2v) is 7.20. The van der Waals surface area contributed by atoms with Crippen LogP contribution in [0, 0.1) is 5.82 Å². The normalized spacial score (nSPS) is 18.2. The molecule has 0 bridgehead atoms. The lowest BCUT2D eigenvalue weighted by molar-refractivity contribution is 0.0698. The second-order valence-electron chi connectivity index (χ2n) is 5.45. The molecule has 1 saturated heterocycles. The van der Waals surface area contributed by atoms with Crippen molar-refractivity contribution in [2.45, 2.75) is 18.9 Å². The van der Waals surface area contributed by atoms with Crippen LogP contribution in [0.3, 0.4) is 0 Å². The predicted molar refractivity (Wildman–Crippen MR) is 90.1 cm³/mol. The van der Waals surface area contributed by atoms with E-state index in [1.165, 1.54) is 12.1 Å². The number of sulfonamides is 1. The van der Waals surface area contributed by atoms with Crippen molar-refractivity contribution in [2.75, 3.05) is 31.1 Å². The van der Waals surface area contributed by atoms with Crippen molar-refractivity contribution in [3.8, 4) is 0 Å². The van der Waals surface area contributed by atoms with Gasteiger partial charge in [-0.05, 0) is 38.1 Å². The number of halogens is 2. The van der Waals surface area contributed by atoms with Crippen LogP contribution in [0.1, 0.15) is 23.2 Å². The molecule has 130 valence electrons. The van der Waals surface area contributed by atoms with Gasteiger partial charge < -0.3 is 10.2 Å². The van der Waals surface area contributed by atoms with Crippen molar-refractivity contribution < 1.29 is 17.6 Å². The van der Waals surface area contributed by atoms with Gasteiger partial charge in [0.25, 0.3) is 5.91 Å². The molecule has 1 aliphatic heterocycles. The van der Waals surface area contributed by atoms with Crippen LogP contribution in [0.25, 0.3) is 0 Å².